The van der Waals surface area contributed by atoms with Crippen LogP contribution in [-0.2, 0) is 10.0 Å². The molecule has 3 rings (SSSR count). The van der Waals surface area contributed by atoms with E-state index in [-0.39, 0.29) is 6.04 Å². The van der Waals surface area contributed by atoms with Crippen LogP contribution in [0.3, 0.4) is 0 Å². The second kappa shape index (κ2) is 4.96. The number of rotatable bonds is 3. The van der Waals surface area contributed by atoms with E-state index >= 15 is 0 Å². The summed E-state index contributed by atoms with van der Waals surface area (Å²) in [5, 5.41) is 0. The molecule has 0 saturated carbocycles. The van der Waals surface area contributed by atoms with Gasteiger partial charge < -0.3 is 4.90 Å². The van der Waals surface area contributed by atoms with E-state index < -0.39 is 10.0 Å². The van der Waals surface area contributed by atoms with Gasteiger partial charge in [-0.1, -0.05) is 0 Å². The third-order valence-electron chi connectivity index (χ3n) is 4.01. The first-order valence-electron chi connectivity index (χ1n) is 7.02. The maximum absolute atomic E-state index is 11.7. The van der Waals surface area contributed by atoms with E-state index in [1.54, 1.807) is 0 Å². The monoisotopic (exact) mass is 296 g/mol. The fourth-order valence-corrected chi connectivity index (χ4v) is 4.02. The maximum Gasteiger partial charge on any atom is 0.211 e. The first-order valence-corrected chi connectivity index (χ1v) is 8.87. The molecule has 7 heteroatoms. The molecule has 0 spiro atoms. The molecule has 110 valence electrons. The molecule has 0 amide bonds. The standard InChI is InChI=1S/C13H20N4O2S/c1-10-14-11(12-5-8-17(12)20(2,18)19)9-13(15-10)16-6-3-4-7-16/h9,12H,3-8H2,1-2H3. The normalized spacial score (nSPS) is 23.9. The fraction of sp³-hybridized carbons (Fsp3) is 0.692. The van der Waals surface area contributed by atoms with Gasteiger partial charge >= 0.3 is 0 Å². The summed E-state index contributed by atoms with van der Waals surface area (Å²) in [6, 6.07) is 1.84. The molecule has 20 heavy (non-hydrogen) atoms. The summed E-state index contributed by atoms with van der Waals surface area (Å²) in [5.41, 5.74) is 0.830. The summed E-state index contributed by atoms with van der Waals surface area (Å²) >= 11 is 0. The van der Waals surface area contributed by atoms with Gasteiger partial charge in [0.25, 0.3) is 0 Å². The van der Waals surface area contributed by atoms with Crippen molar-refractivity contribution in [2.45, 2.75) is 32.2 Å². The Morgan fingerprint density at radius 2 is 1.90 bits per heavy atom. The molecule has 1 aromatic rings. The van der Waals surface area contributed by atoms with Gasteiger partial charge in [-0.3, -0.25) is 0 Å². The Morgan fingerprint density at radius 1 is 1.20 bits per heavy atom. The fourth-order valence-electron chi connectivity index (χ4n) is 2.91. The minimum Gasteiger partial charge on any atom is -0.357 e. The van der Waals surface area contributed by atoms with Crippen molar-refractivity contribution in [3.8, 4) is 0 Å². The zero-order valence-corrected chi connectivity index (χ0v) is 12.7. The lowest BCUT2D eigenvalue weighted by atomic mass is 10.0. The first kappa shape index (κ1) is 13.8. The van der Waals surface area contributed by atoms with Gasteiger partial charge in [0.05, 0.1) is 18.0 Å². The second-order valence-corrected chi connectivity index (χ2v) is 7.51. The van der Waals surface area contributed by atoms with Crippen LogP contribution in [0.4, 0.5) is 5.82 Å². The Kier molecular flexibility index (Phi) is 3.41. The average Bonchev–Trinajstić information content (AvgIpc) is 2.77. The van der Waals surface area contributed by atoms with Gasteiger partial charge in [0.2, 0.25) is 10.0 Å². The van der Waals surface area contributed by atoms with Crippen LogP contribution in [0.25, 0.3) is 0 Å². The number of hydrogen-bond acceptors (Lipinski definition) is 5. The van der Waals surface area contributed by atoms with Crippen LogP contribution in [0.5, 0.6) is 0 Å². The highest BCUT2D eigenvalue weighted by atomic mass is 32.2. The van der Waals surface area contributed by atoms with Crippen LogP contribution >= 0.6 is 0 Å². The predicted molar refractivity (Wildman–Crippen MR) is 77.1 cm³/mol. The molecule has 1 atom stereocenters. The molecular formula is C13H20N4O2S. The lowest BCUT2D eigenvalue weighted by molar-refractivity contribution is 0.198. The zero-order chi connectivity index (χ0) is 14.3. The molecular weight excluding hydrogens is 276 g/mol. The maximum atomic E-state index is 11.7. The molecule has 0 N–H and O–H groups in total. The van der Waals surface area contributed by atoms with E-state index in [1.807, 2.05) is 13.0 Å². The molecule has 2 aliphatic heterocycles. The van der Waals surface area contributed by atoms with E-state index in [0.29, 0.717) is 12.4 Å². The minimum atomic E-state index is -3.15. The average molecular weight is 296 g/mol. The number of anilines is 1. The summed E-state index contributed by atoms with van der Waals surface area (Å²) in [6.45, 7) is 4.50. The lowest BCUT2D eigenvalue weighted by Crippen LogP contribution is -2.44. The molecule has 2 saturated heterocycles. The highest BCUT2D eigenvalue weighted by Crippen LogP contribution is 2.35. The van der Waals surface area contributed by atoms with Gasteiger partial charge in [-0.2, -0.15) is 4.31 Å². The van der Waals surface area contributed by atoms with Crippen molar-refractivity contribution < 1.29 is 8.42 Å². The van der Waals surface area contributed by atoms with Crippen LogP contribution in [0.2, 0.25) is 0 Å². The molecule has 0 bridgehead atoms. The molecule has 2 fully saturated rings. The summed E-state index contributed by atoms with van der Waals surface area (Å²) in [4.78, 5) is 11.2. The van der Waals surface area contributed by atoms with Gasteiger partial charge in [-0.05, 0) is 26.2 Å². The minimum absolute atomic E-state index is 0.118. The molecule has 2 aliphatic rings. The van der Waals surface area contributed by atoms with Crippen LogP contribution in [0.1, 0.15) is 36.8 Å². The van der Waals surface area contributed by atoms with E-state index in [2.05, 4.69) is 14.9 Å². The van der Waals surface area contributed by atoms with Crippen LogP contribution in [0.15, 0.2) is 6.07 Å². The Morgan fingerprint density at radius 3 is 2.45 bits per heavy atom. The van der Waals surface area contributed by atoms with Gasteiger partial charge in [0.1, 0.15) is 11.6 Å². The van der Waals surface area contributed by atoms with Crippen molar-refractivity contribution in [2.75, 3.05) is 30.8 Å². The Labute approximate surface area is 119 Å². The van der Waals surface area contributed by atoms with Crippen molar-refractivity contribution >= 4 is 15.8 Å². The number of hydrogen-bond donors (Lipinski definition) is 0. The van der Waals surface area contributed by atoms with Crippen molar-refractivity contribution in [2.24, 2.45) is 0 Å². The number of nitrogens with zero attached hydrogens (tertiary/aromatic N) is 4. The Balaban J connectivity index is 1.90. The summed E-state index contributed by atoms with van der Waals surface area (Å²) < 4.78 is 24.9. The summed E-state index contributed by atoms with van der Waals surface area (Å²) in [7, 11) is -3.15. The van der Waals surface area contributed by atoms with E-state index in [4.69, 9.17) is 0 Å². The topological polar surface area (TPSA) is 66.4 Å². The Hall–Kier alpha value is -1.21. The highest BCUT2D eigenvalue weighted by molar-refractivity contribution is 7.88. The van der Waals surface area contributed by atoms with Crippen LogP contribution < -0.4 is 4.90 Å². The van der Waals surface area contributed by atoms with Gasteiger partial charge in [-0.25, -0.2) is 18.4 Å². The van der Waals surface area contributed by atoms with Crippen molar-refractivity contribution in [3.05, 3.63) is 17.6 Å². The summed E-state index contributed by atoms with van der Waals surface area (Å²) in [6.07, 6.45) is 4.48. The molecule has 3 heterocycles. The van der Waals surface area contributed by atoms with Crippen molar-refractivity contribution in [3.63, 3.8) is 0 Å². The predicted octanol–water partition coefficient (Wildman–Crippen LogP) is 1.09. The van der Waals surface area contributed by atoms with Gasteiger partial charge in [-0.15, -0.1) is 0 Å². The van der Waals surface area contributed by atoms with E-state index in [0.717, 1.165) is 31.0 Å². The zero-order valence-electron chi connectivity index (χ0n) is 11.9. The van der Waals surface area contributed by atoms with Gasteiger partial charge in [0.15, 0.2) is 0 Å². The van der Waals surface area contributed by atoms with Crippen molar-refractivity contribution in [1.82, 2.24) is 14.3 Å². The lowest BCUT2D eigenvalue weighted by Gasteiger charge is -2.38. The molecule has 6 nitrogen and oxygen atoms in total. The van der Waals surface area contributed by atoms with Crippen LogP contribution in [-0.4, -0.2) is 48.6 Å². The molecule has 0 radical (unpaired) electrons. The van der Waals surface area contributed by atoms with E-state index in [1.165, 1.54) is 23.4 Å². The summed E-state index contributed by atoms with van der Waals surface area (Å²) in [5.74, 6) is 1.65. The third-order valence-corrected chi connectivity index (χ3v) is 5.30. The second-order valence-electron chi connectivity index (χ2n) is 5.57. The molecule has 1 unspecified atom stereocenters. The number of aryl methyl sites for hydroxylation is 1. The Bertz CT molecular complexity index is 611. The number of aromatic nitrogens is 2. The smallest absolute Gasteiger partial charge is 0.211 e. The molecule has 1 aromatic heterocycles. The number of sulfonamides is 1. The SMILES string of the molecule is Cc1nc(C2CCN2S(C)(=O)=O)cc(N2CCCC2)n1. The highest BCUT2D eigenvalue weighted by Gasteiger charge is 2.37. The molecule has 0 aromatic carbocycles. The van der Waals surface area contributed by atoms with Gasteiger partial charge in [0, 0.05) is 25.7 Å². The van der Waals surface area contributed by atoms with Crippen molar-refractivity contribution in [1.29, 1.82) is 0 Å². The van der Waals surface area contributed by atoms with E-state index in [9.17, 15) is 8.42 Å². The van der Waals surface area contributed by atoms with Crippen LogP contribution in [0, 0.1) is 6.92 Å². The quantitative estimate of drug-likeness (QED) is 0.835. The third kappa shape index (κ3) is 2.52. The molecule has 0 aliphatic carbocycles. The first-order chi connectivity index (χ1) is 9.45. The largest absolute Gasteiger partial charge is 0.357 e.